The molecule has 1 aromatic rings. The van der Waals surface area contributed by atoms with Gasteiger partial charge in [-0.05, 0) is 56.7 Å². The van der Waals surface area contributed by atoms with Crippen LogP contribution in [0.15, 0.2) is 24.3 Å². The van der Waals surface area contributed by atoms with Crippen LogP contribution in [0.25, 0.3) is 0 Å². The monoisotopic (exact) mass is 329 g/mol. The number of hydrogen-bond donors (Lipinski definition) is 2. The van der Waals surface area contributed by atoms with Gasteiger partial charge < -0.3 is 10.4 Å². The summed E-state index contributed by atoms with van der Waals surface area (Å²) in [6.45, 7) is 0.735. The SMILES string of the molecule is O=C(O)C1CCC(NCCCc2cccc(C(F)(F)F)c2)CC1. The lowest BCUT2D eigenvalue weighted by Crippen LogP contribution is -2.35. The van der Waals surface area contributed by atoms with Crippen LogP contribution >= 0.6 is 0 Å². The van der Waals surface area contributed by atoms with Crippen molar-refractivity contribution < 1.29 is 23.1 Å². The summed E-state index contributed by atoms with van der Waals surface area (Å²) in [6.07, 6.45) is 0.154. The van der Waals surface area contributed by atoms with Gasteiger partial charge in [-0.2, -0.15) is 13.2 Å². The molecule has 1 aliphatic carbocycles. The summed E-state index contributed by atoms with van der Waals surface area (Å²) in [5.41, 5.74) is 0.0890. The van der Waals surface area contributed by atoms with Crippen LogP contribution in [0.2, 0.25) is 0 Å². The third-order valence-electron chi connectivity index (χ3n) is 4.41. The number of halogens is 3. The highest BCUT2D eigenvalue weighted by molar-refractivity contribution is 5.70. The molecule has 3 nitrogen and oxygen atoms in total. The Morgan fingerprint density at radius 3 is 2.52 bits per heavy atom. The zero-order valence-electron chi connectivity index (χ0n) is 12.9. The van der Waals surface area contributed by atoms with Gasteiger partial charge >= 0.3 is 12.1 Å². The highest BCUT2D eigenvalue weighted by atomic mass is 19.4. The molecule has 0 bridgehead atoms. The number of carbonyl (C=O) groups is 1. The van der Waals surface area contributed by atoms with Crippen LogP contribution in [0.4, 0.5) is 13.2 Å². The summed E-state index contributed by atoms with van der Waals surface area (Å²) in [7, 11) is 0. The number of alkyl halides is 3. The van der Waals surface area contributed by atoms with Gasteiger partial charge in [-0.25, -0.2) is 0 Å². The molecule has 0 unspecified atom stereocenters. The van der Waals surface area contributed by atoms with Crippen LogP contribution in [0.5, 0.6) is 0 Å². The van der Waals surface area contributed by atoms with Crippen molar-refractivity contribution in [1.82, 2.24) is 5.32 Å². The second-order valence-electron chi connectivity index (χ2n) is 6.14. The van der Waals surface area contributed by atoms with E-state index in [0.717, 1.165) is 31.9 Å². The fraction of sp³-hybridized carbons (Fsp3) is 0.588. The summed E-state index contributed by atoms with van der Waals surface area (Å²) in [5, 5.41) is 12.3. The molecule has 2 rings (SSSR count). The average Bonchev–Trinajstić information content (AvgIpc) is 2.51. The second-order valence-corrected chi connectivity index (χ2v) is 6.14. The molecule has 0 radical (unpaired) electrons. The Labute approximate surface area is 133 Å². The zero-order chi connectivity index (χ0) is 16.9. The average molecular weight is 329 g/mol. The van der Waals surface area contributed by atoms with Crippen molar-refractivity contribution in [2.45, 2.75) is 50.7 Å². The molecule has 6 heteroatoms. The molecule has 0 amide bonds. The number of carboxylic acid groups (broad SMARTS) is 1. The molecule has 1 saturated carbocycles. The normalized spacial score (nSPS) is 22.0. The van der Waals surface area contributed by atoms with Gasteiger partial charge in [0, 0.05) is 6.04 Å². The van der Waals surface area contributed by atoms with Crippen molar-refractivity contribution in [3.8, 4) is 0 Å². The van der Waals surface area contributed by atoms with E-state index in [9.17, 15) is 18.0 Å². The lowest BCUT2D eigenvalue weighted by Gasteiger charge is -2.26. The maximum absolute atomic E-state index is 12.6. The highest BCUT2D eigenvalue weighted by Crippen LogP contribution is 2.29. The van der Waals surface area contributed by atoms with E-state index < -0.39 is 17.7 Å². The number of carboxylic acids is 1. The first-order chi connectivity index (χ1) is 10.9. The molecule has 0 spiro atoms. The smallest absolute Gasteiger partial charge is 0.416 e. The Morgan fingerprint density at radius 2 is 1.91 bits per heavy atom. The van der Waals surface area contributed by atoms with E-state index in [1.54, 1.807) is 6.07 Å². The molecule has 0 aromatic heterocycles. The maximum Gasteiger partial charge on any atom is 0.416 e. The van der Waals surface area contributed by atoms with Gasteiger partial charge in [-0.15, -0.1) is 0 Å². The minimum absolute atomic E-state index is 0.224. The highest BCUT2D eigenvalue weighted by Gasteiger charge is 2.30. The van der Waals surface area contributed by atoms with Crippen molar-refractivity contribution in [2.75, 3.05) is 6.54 Å². The van der Waals surface area contributed by atoms with Gasteiger partial charge in [-0.3, -0.25) is 4.79 Å². The van der Waals surface area contributed by atoms with Crippen molar-refractivity contribution >= 4 is 5.97 Å². The molecule has 1 fully saturated rings. The standard InChI is InChI=1S/C17H22F3NO2/c18-17(19,20)14-5-1-3-12(11-14)4-2-10-21-15-8-6-13(7-9-15)16(22)23/h1,3,5,11,13,15,21H,2,4,6-10H2,(H,22,23). The number of benzene rings is 1. The Balaban J connectivity index is 1.69. The maximum atomic E-state index is 12.6. The first kappa shape index (κ1) is 17.8. The van der Waals surface area contributed by atoms with Crippen LogP contribution in [0.1, 0.15) is 43.2 Å². The molecule has 0 atom stereocenters. The van der Waals surface area contributed by atoms with Gasteiger partial charge in [0.05, 0.1) is 11.5 Å². The lowest BCUT2D eigenvalue weighted by atomic mass is 9.86. The minimum atomic E-state index is -4.29. The van der Waals surface area contributed by atoms with Gasteiger partial charge in [0.1, 0.15) is 0 Å². The Kier molecular flexibility index (Phi) is 6.04. The molecular formula is C17H22F3NO2. The Morgan fingerprint density at radius 1 is 1.22 bits per heavy atom. The Bertz CT molecular complexity index is 523. The molecule has 2 N–H and O–H groups in total. The van der Waals surface area contributed by atoms with E-state index in [2.05, 4.69) is 5.32 Å². The van der Waals surface area contributed by atoms with Gasteiger partial charge in [0.15, 0.2) is 0 Å². The van der Waals surface area contributed by atoms with E-state index in [1.807, 2.05) is 0 Å². The molecule has 23 heavy (non-hydrogen) atoms. The number of rotatable bonds is 6. The molecule has 0 heterocycles. The number of nitrogens with one attached hydrogen (secondary N) is 1. The molecule has 128 valence electrons. The van der Waals surface area contributed by atoms with Crippen molar-refractivity contribution in [2.24, 2.45) is 5.92 Å². The third kappa shape index (κ3) is 5.53. The first-order valence-electron chi connectivity index (χ1n) is 7.98. The largest absolute Gasteiger partial charge is 0.481 e. The van der Waals surface area contributed by atoms with Gasteiger partial charge in [-0.1, -0.05) is 18.2 Å². The van der Waals surface area contributed by atoms with Crippen LogP contribution in [-0.2, 0) is 17.4 Å². The van der Waals surface area contributed by atoms with Crippen LogP contribution < -0.4 is 5.32 Å². The summed E-state index contributed by atoms with van der Waals surface area (Å²) in [6, 6.07) is 5.78. The topological polar surface area (TPSA) is 49.3 Å². The molecule has 0 aliphatic heterocycles. The molecule has 1 aromatic carbocycles. The first-order valence-corrected chi connectivity index (χ1v) is 7.98. The molecular weight excluding hydrogens is 307 g/mol. The van der Waals surface area contributed by atoms with Gasteiger partial charge in [0.2, 0.25) is 0 Å². The second kappa shape index (κ2) is 7.81. The molecule has 0 saturated heterocycles. The van der Waals surface area contributed by atoms with E-state index in [1.165, 1.54) is 12.1 Å². The van der Waals surface area contributed by atoms with E-state index in [0.29, 0.717) is 30.9 Å². The van der Waals surface area contributed by atoms with Crippen LogP contribution in [0.3, 0.4) is 0 Å². The fourth-order valence-electron chi connectivity index (χ4n) is 3.05. The number of aliphatic carboxylic acids is 1. The van der Waals surface area contributed by atoms with E-state index in [-0.39, 0.29) is 5.92 Å². The van der Waals surface area contributed by atoms with Crippen LogP contribution in [-0.4, -0.2) is 23.7 Å². The molecule has 1 aliphatic rings. The third-order valence-corrected chi connectivity index (χ3v) is 4.41. The summed E-state index contributed by atoms with van der Waals surface area (Å²) in [4.78, 5) is 10.9. The summed E-state index contributed by atoms with van der Waals surface area (Å²) in [5.74, 6) is -0.939. The zero-order valence-corrected chi connectivity index (χ0v) is 12.9. The summed E-state index contributed by atoms with van der Waals surface area (Å²) >= 11 is 0. The number of aryl methyl sites for hydroxylation is 1. The quantitative estimate of drug-likeness (QED) is 0.779. The Hall–Kier alpha value is -1.56. The predicted octanol–water partition coefficient (Wildman–Crippen LogP) is 3.87. The van der Waals surface area contributed by atoms with Crippen molar-refractivity contribution in [1.29, 1.82) is 0 Å². The minimum Gasteiger partial charge on any atom is -0.481 e. The predicted molar refractivity (Wildman–Crippen MR) is 81.1 cm³/mol. The summed E-state index contributed by atoms with van der Waals surface area (Å²) < 4.78 is 37.9. The van der Waals surface area contributed by atoms with E-state index in [4.69, 9.17) is 5.11 Å². The van der Waals surface area contributed by atoms with Gasteiger partial charge in [0.25, 0.3) is 0 Å². The van der Waals surface area contributed by atoms with Crippen molar-refractivity contribution in [3.63, 3.8) is 0 Å². The van der Waals surface area contributed by atoms with E-state index >= 15 is 0 Å². The number of hydrogen-bond acceptors (Lipinski definition) is 2. The van der Waals surface area contributed by atoms with Crippen LogP contribution in [0, 0.1) is 5.92 Å². The van der Waals surface area contributed by atoms with Crippen molar-refractivity contribution in [3.05, 3.63) is 35.4 Å². The lowest BCUT2D eigenvalue weighted by molar-refractivity contribution is -0.143. The fourth-order valence-corrected chi connectivity index (χ4v) is 3.05.